The Morgan fingerprint density at radius 3 is 2.96 bits per heavy atom. The molecule has 1 aliphatic rings. The maximum absolute atomic E-state index is 6.13. The summed E-state index contributed by atoms with van der Waals surface area (Å²) < 4.78 is 17.1. The Morgan fingerprint density at radius 1 is 1.32 bits per heavy atom. The van der Waals surface area contributed by atoms with E-state index in [1.54, 1.807) is 12.4 Å². The molecule has 3 rings (SSSR count). The third kappa shape index (κ3) is 5.06. The smallest absolute Gasteiger partial charge is 0.234 e. The highest BCUT2D eigenvalue weighted by atomic mass is 16.5. The molecule has 6 heteroatoms. The molecular weight excluding hydrogens is 318 g/mol. The number of benzene rings is 1. The minimum atomic E-state index is 0.0651. The number of nitrogens with zero attached hydrogens (tertiary/aromatic N) is 2. The van der Waals surface area contributed by atoms with Crippen molar-refractivity contribution in [1.29, 1.82) is 0 Å². The molecule has 6 nitrogen and oxygen atoms in total. The highest BCUT2D eigenvalue weighted by Gasteiger charge is 2.18. The molecule has 0 radical (unpaired) electrons. The van der Waals surface area contributed by atoms with Gasteiger partial charge in [0.25, 0.3) is 0 Å². The molecule has 1 atom stereocenters. The van der Waals surface area contributed by atoms with E-state index >= 15 is 0 Å². The van der Waals surface area contributed by atoms with Crippen LogP contribution in [0.1, 0.15) is 31.4 Å². The fourth-order valence-electron chi connectivity index (χ4n) is 2.62. The first-order chi connectivity index (χ1) is 12.1. The van der Waals surface area contributed by atoms with E-state index in [9.17, 15) is 0 Å². The Hall–Kier alpha value is -2.34. The number of nitrogens with one attached hydrogen (secondary N) is 1. The molecule has 0 amide bonds. The quantitative estimate of drug-likeness (QED) is 0.832. The summed E-state index contributed by atoms with van der Waals surface area (Å²) in [6.45, 7) is 8.01. The molecule has 134 valence electrons. The number of hydrogen-bond acceptors (Lipinski definition) is 6. The lowest BCUT2D eigenvalue weighted by Crippen LogP contribution is -2.17. The molecule has 1 unspecified atom stereocenters. The van der Waals surface area contributed by atoms with Gasteiger partial charge in [-0.15, -0.1) is 0 Å². The van der Waals surface area contributed by atoms with Gasteiger partial charge in [0.2, 0.25) is 5.88 Å². The van der Waals surface area contributed by atoms with Crippen molar-refractivity contribution in [2.75, 3.05) is 18.5 Å². The van der Waals surface area contributed by atoms with Crippen LogP contribution >= 0.6 is 0 Å². The first-order valence-corrected chi connectivity index (χ1v) is 8.66. The maximum Gasteiger partial charge on any atom is 0.234 e. The lowest BCUT2D eigenvalue weighted by molar-refractivity contribution is 0.140. The van der Waals surface area contributed by atoms with Gasteiger partial charge in [0, 0.05) is 18.5 Å². The van der Waals surface area contributed by atoms with E-state index < -0.39 is 0 Å². The first kappa shape index (κ1) is 17.5. The van der Waals surface area contributed by atoms with Crippen LogP contribution in [0.25, 0.3) is 0 Å². The van der Waals surface area contributed by atoms with Crippen molar-refractivity contribution in [2.24, 2.45) is 0 Å². The van der Waals surface area contributed by atoms with Crippen molar-refractivity contribution in [3.05, 3.63) is 41.7 Å². The van der Waals surface area contributed by atoms with Crippen LogP contribution in [0, 0.1) is 6.92 Å². The summed E-state index contributed by atoms with van der Waals surface area (Å²) in [6.07, 6.45) is 4.43. The molecule has 0 aliphatic carbocycles. The molecular formula is C19H25N3O3. The SMILES string of the molecule is Cc1ccc(CNc2cncc(OC(C)C)n2)c(OC2CCOC2)c1. The molecule has 1 aromatic carbocycles. The summed E-state index contributed by atoms with van der Waals surface area (Å²) >= 11 is 0. The Labute approximate surface area is 148 Å². The minimum Gasteiger partial charge on any atom is -0.488 e. The predicted molar refractivity (Wildman–Crippen MR) is 96.2 cm³/mol. The van der Waals surface area contributed by atoms with Gasteiger partial charge < -0.3 is 19.5 Å². The molecule has 1 aromatic heterocycles. The second-order valence-corrected chi connectivity index (χ2v) is 6.48. The van der Waals surface area contributed by atoms with Gasteiger partial charge >= 0.3 is 0 Å². The number of aromatic nitrogens is 2. The van der Waals surface area contributed by atoms with Crippen LogP contribution in [0.5, 0.6) is 11.6 Å². The molecule has 0 saturated carbocycles. The van der Waals surface area contributed by atoms with E-state index in [1.165, 1.54) is 5.56 Å². The van der Waals surface area contributed by atoms with Gasteiger partial charge in [-0.3, -0.25) is 4.98 Å². The summed E-state index contributed by atoms with van der Waals surface area (Å²) in [5.74, 6) is 2.09. The molecule has 1 saturated heterocycles. The van der Waals surface area contributed by atoms with Crippen LogP contribution in [0.2, 0.25) is 0 Å². The highest BCUT2D eigenvalue weighted by Crippen LogP contribution is 2.24. The second kappa shape index (κ2) is 8.16. The maximum atomic E-state index is 6.13. The van der Waals surface area contributed by atoms with Gasteiger partial charge in [0.05, 0.1) is 31.7 Å². The van der Waals surface area contributed by atoms with E-state index in [0.29, 0.717) is 24.8 Å². The summed E-state index contributed by atoms with van der Waals surface area (Å²) in [5.41, 5.74) is 2.25. The van der Waals surface area contributed by atoms with Crippen molar-refractivity contribution in [3.63, 3.8) is 0 Å². The van der Waals surface area contributed by atoms with Crippen LogP contribution in [0.3, 0.4) is 0 Å². The van der Waals surface area contributed by atoms with Crippen molar-refractivity contribution in [2.45, 2.75) is 45.9 Å². The number of rotatable bonds is 7. The Morgan fingerprint density at radius 2 is 2.20 bits per heavy atom. The number of hydrogen-bond donors (Lipinski definition) is 1. The minimum absolute atomic E-state index is 0.0651. The molecule has 0 bridgehead atoms. The fourth-order valence-corrected chi connectivity index (χ4v) is 2.62. The molecule has 1 fully saturated rings. The average molecular weight is 343 g/mol. The second-order valence-electron chi connectivity index (χ2n) is 6.48. The lowest BCUT2D eigenvalue weighted by Gasteiger charge is -2.17. The van der Waals surface area contributed by atoms with E-state index in [2.05, 4.69) is 40.4 Å². The van der Waals surface area contributed by atoms with Gasteiger partial charge in [-0.1, -0.05) is 12.1 Å². The van der Waals surface area contributed by atoms with Gasteiger partial charge in [0.15, 0.2) is 0 Å². The lowest BCUT2D eigenvalue weighted by atomic mass is 10.1. The molecule has 2 aromatic rings. The van der Waals surface area contributed by atoms with Crippen LogP contribution in [-0.2, 0) is 11.3 Å². The van der Waals surface area contributed by atoms with Gasteiger partial charge in [0.1, 0.15) is 17.7 Å². The largest absolute Gasteiger partial charge is 0.488 e. The number of aryl methyl sites for hydroxylation is 1. The molecule has 2 heterocycles. The summed E-state index contributed by atoms with van der Waals surface area (Å²) in [4.78, 5) is 8.59. The van der Waals surface area contributed by atoms with Gasteiger partial charge in [-0.05, 0) is 32.4 Å². The van der Waals surface area contributed by atoms with Crippen molar-refractivity contribution < 1.29 is 14.2 Å². The topological polar surface area (TPSA) is 65.5 Å². The van der Waals surface area contributed by atoms with Crippen LogP contribution < -0.4 is 14.8 Å². The van der Waals surface area contributed by atoms with Crippen molar-refractivity contribution in [3.8, 4) is 11.6 Å². The summed E-state index contributed by atoms with van der Waals surface area (Å²) in [6, 6.07) is 6.23. The molecule has 1 N–H and O–H groups in total. The molecule has 1 aliphatic heterocycles. The van der Waals surface area contributed by atoms with E-state index in [0.717, 1.165) is 24.3 Å². The van der Waals surface area contributed by atoms with Crippen molar-refractivity contribution >= 4 is 5.82 Å². The van der Waals surface area contributed by atoms with Crippen LogP contribution in [0.15, 0.2) is 30.6 Å². The van der Waals surface area contributed by atoms with Gasteiger partial charge in [-0.2, -0.15) is 4.98 Å². The molecule has 25 heavy (non-hydrogen) atoms. The summed E-state index contributed by atoms with van der Waals surface area (Å²) in [7, 11) is 0. The van der Waals surface area contributed by atoms with E-state index in [4.69, 9.17) is 14.2 Å². The van der Waals surface area contributed by atoms with Crippen LogP contribution in [-0.4, -0.2) is 35.4 Å². The van der Waals surface area contributed by atoms with Gasteiger partial charge in [-0.25, -0.2) is 0 Å². The highest BCUT2D eigenvalue weighted by molar-refractivity contribution is 5.41. The average Bonchev–Trinajstić information content (AvgIpc) is 3.07. The zero-order valence-electron chi connectivity index (χ0n) is 15.0. The zero-order chi connectivity index (χ0) is 17.6. The Kier molecular flexibility index (Phi) is 5.71. The third-order valence-electron chi connectivity index (χ3n) is 3.83. The third-order valence-corrected chi connectivity index (χ3v) is 3.83. The Bertz CT molecular complexity index is 700. The standard InChI is InChI=1S/C19H25N3O3/c1-13(2)24-19-11-20-10-18(22-19)21-9-15-5-4-14(3)8-17(15)25-16-6-7-23-12-16/h4-5,8,10-11,13,16H,6-7,9,12H2,1-3H3,(H,21,22). The Balaban J connectivity index is 1.68. The monoisotopic (exact) mass is 343 g/mol. The van der Waals surface area contributed by atoms with E-state index in [-0.39, 0.29) is 12.2 Å². The summed E-state index contributed by atoms with van der Waals surface area (Å²) in [5, 5.41) is 3.29. The molecule has 0 spiro atoms. The first-order valence-electron chi connectivity index (χ1n) is 8.66. The fraction of sp³-hybridized carbons (Fsp3) is 0.474. The normalized spacial score (nSPS) is 16.9. The zero-order valence-corrected chi connectivity index (χ0v) is 15.0. The number of ether oxygens (including phenoxy) is 3. The van der Waals surface area contributed by atoms with E-state index in [1.807, 2.05) is 13.8 Å². The van der Waals surface area contributed by atoms with Crippen LogP contribution in [0.4, 0.5) is 5.82 Å². The number of anilines is 1. The predicted octanol–water partition coefficient (Wildman–Crippen LogP) is 3.35. The van der Waals surface area contributed by atoms with Crippen molar-refractivity contribution in [1.82, 2.24) is 9.97 Å².